The Labute approximate surface area is 148 Å². The highest BCUT2D eigenvalue weighted by atomic mass is 79.9. The van der Waals surface area contributed by atoms with E-state index in [1.165, 1.54) is 10.4 Å². The number of halogens is 1. The quantitative estimate of drug-likeness (QED) is 0.603. The molecule has 3 aromatic rings. The zero-order chi connectivity index (χ0) is 16.9. The first-order valence-corrected chi connectivity index (χ1v) is 8.61. The minimum absolute atomic E-state index is 0.0332. The van der Waals surface area contributed by atoms with Crippen molar-refractivity contribution in [2.24, 2.45) is 0 Å². The van der Waals surface area contributed by atoms with Gasteiger partial charge in [0.25, 0.3) is 0 Å². The number of tetrazole rings is 1. The summed E-state index contributed by atoms with van der Waals surface area (Å²) in [5, 5.41) is 12.3. The van der Waals surface area contributed by atoms with Crippen LogP contribution < -0.4 is 0 Å². The van der Waals surface area contributed by atoms with Crippen molar-refractivity contribution < 1.29 is 4.79 Å². The van der Waals surface area contributed by atoms with Gasteiger partial charge < -0.3 is 0 Å². The predicted octanol–water partition coefficient (Wildman–Crippen LogP) is 3.94. The molecule has 5 nitrogen and oxygen atoms in total. The van der Waals surface area contributed by atoms with Crippen LogP contribution in [0, 0.1) is 0 Å². The lowest BCUT2D eigenvalue weighted by atomic mass is 10.1. The Morgan fingerprint density at radius 3 is 2.58 bits per heavy atom. The molecule has 0 aliphatic carbocycles. The molecular weight excluding hydrogens is 368 g/mol. The lowest BCUT2D eigenvalue weighted by Gasteiger charge is -2.02. The molecule has 0 N–H and O–H groups in total. The third kappa shape index (κ3) is 3.76. The molecule has 0 aliphatic heterocycles. The molecule has 0 atom stereocenters. The molecule has 0 spiro atoms. The third-order valence-corrected chi connectivity index (χ3v) is 4.36. The molecule has 1 aromatic heterocycles. The second-order valence-corrected chi connectivity index (χ2v) is 6.35. The molecule has 0 amide bonds. The van der Waals surface area contributed by atoms with Gasteiger partial charge in [-0.05, 0) is 29.3 Å². The summed E-state index contributed by atoms with van der Waals surface area (Å²) in [6, 6.07) is 15.4. The second kappa shape index (κ2) is 7.49. The molecule has 0 unspecified atom stereocenters. The molecule has 0 aliphatic rings. The fourth-order valence-electron chi connectivity index (χ4n) is 2.43. The number of aromatic nitrogens is 4. The Kier molecular flexibility index (Phi) is 5.15. The third-order valence-electron chi connectivity index (χ3n) is 3.67. The Morgan fingerprint density at radius 1 is 1.12 bits per heavy atom. The van der Waals surface area contributed by atoms with Crippen molar-refractivity contribution >= 4 is 21.7 Å². The number of aryl methyl sites for hydroxylation is 1. The van der Waals surface area contributed by atoms with E-state index in [1.54, 1.807) is 0 Å². The van der Waals surface area contributed by atoms with Gasteiger partial charge in [0.05, 0.1) is 0 Å². The fraction of sp³-hybridized carbons (Fsp3) is 0.222. The molecule has 0 bridgehead atoms. The van der Waals surface area contributed by atoms with Crippen LogP contribution in [0.15, 0.2) is 53.0 Å². The maximum Gasteiger partial charge on any atom is 0.206 e. The lowest BCUT2D eigenvalue weighted by Crippen LogP contribution is -2.13. The van der Waals surface area contributed by atoms with E-state index in [2.05, 4.69) is 38.3 Å². The lowest BCUT2D eigenvalue weighted by molar-refractivity contribution is 0.0961. The number of Topliss-reactive ketones (excluding diaryl/α,β-unsaturated/α-hetero) is 1. The van der Waals surface area contributed by atoms with Crippen molar-refractivity contribution in [1.29, 1.82) is 0 Å². The van der Waals surface area contributed by atoms with Crippen LogP contribution in [0.3, 0.4) is 0 Å². The van der Waals surface area contributed by atoms with Crippen molar-refractivity contribution in [2.75, 3.05) is 0 Å². The minimum atomic E-state index is -0.0332. The van der Waals surface area contributed by atoms with E-state index in [-0.39, 0.29) is 12.3 Å². The smallest absolute Gasteiger partial charge is 0.206 e. The number of hydrogen-bond donors (Lipinski definition) is 0. The van der Waals surface area contributed by atoms with Gasteiger partial charge in [-0.15, -0.1) is 10.2 Å². The Morgan fingerprint density at radius 2 is 1.88 bits per heavy atom. The van der Waals surface area contributed by atoms with Crippen LogP contribution in [0.4, 0.5) is 0 Å². The van der Waals surface area contributed by atoms with Gasteiger partial charge in [0.1, 0.15) is 6.54 Å². The summed E-state index contributed by atoms with van der Waals surface area (Å²) in [6.45, 7) is 2.21. The maximum atomic E-state index is 12.4. The highest BCUT2D eigenvalue weighted by Gasteiger charge is 2.12. The van der Waals surface area contributed by atoms with Crippen molar-refractivity contribution in [3.63, 3.8) is 0 Å². The van der Waals surface area contributed by atoms with Gasteiger partial charge in [-0.25, -0.2) is 0 Å². The Balaban J connectivity index is 1.72. The van der Waals surface area contributed by atoms with Crippen molar-refractivity contribution in [3.05, 3.63) is 64.1 Å². The highest BCUT2D eigenvalue weighted by molar-refractivity contribution is 9.10. The van der Waals surface area contributed by atoms with Crippen molar-refractivity contribution in [2.45, 2.75) is 26.3 Å². The van der Waals surface area contributed by atoms with Gasteiger partial charge in [0.2, 0.25) is 5.82 Å². The van der Waals surface area contributed by atoms with Gasteiger partial charge in [-0.2, -0.15) is 4.80 Å². The number of benzene rings is 2. The van der Waals surface area contributed by atoms with Crippen LogP contribution in [-0.2, 0) is 13.0 Å². The average Bonchev–Trinajstić information content (AvgIpc) is 3.04. The molecule has 3 rings (SSSR count). The van der Waals surface area contributed by atoms with E-state index < -0.39 is 0 Å². The SMILES string of the molecule is CCCc1ccc(C(=O)Cn2nnc(-c3ccccc3Br)n2)cc1. The van der Waals surface area contributed by atoms with Gasteiger partial charge in [0, 0.05) is 15.6 Å². The Bertz CT molecular complexity index is 842. The van der Waals surface area contributed by atoms with Crippen LogP contribution in [0.5, 0.6) is 0 Å². The Hall–Kier alpha value is -2.34. The zero-order valence-corrected chi connectivity index (χ0v) is 14.9. The molecule has 24 heavy (non-hydrogen) atoms. The molecule has 0 fully saturated rings. The fourth-order valence-corrected chi connectivity index (χ4v) is 2.89. The number of carbonyl (C=O) groups is 1. The monoisotopic (exact) mass is 384 g/mol. The minimum Gasteiger partial charge on any atom is -0.292 e. The first-order valence-electron chi connectivity index (χ1n) is 7.82. The molecule has 0 saturated heterocycles. The molecule has 0 saturated carbocycles. The predicted molar refractivity (Wildman–Crippen MR) is 95.7 cm³/mol. The topological polar surface area (TPSA) is 60.7 Å². The normalized spacial score (nSPS) is 10.8. The summed E-state index contributed by atoms with van der Waals surface area (Å²) in [7, 11) is 0. The summed E-state index contributed by atoms with van der Waals surface area (Å²) < 4.78 is 0.891. The van der Waals surface area contributed by atoms with E-state index >= 15 is 0 Å². The number of ketones is 1. The van der Waals surface area contributed by atoms with Gasteiger partial charge >= 0.3 is 0 Å². The first kappa shape index (κ1) is 16.5. The van der Waals surface area contributed by atoms with Crippen LogP contribution >= 0.6 is 15.9 Å². The van der Waals surface area contributed by atoms with E-state index in [0.717, 1.165) is 22.9 Å². The number of nitrogens with zero attached hydrogens (tertiary/aromatic N) is 4. The van der Waals surface area contributed by atoms with E-state index in [0.29, 0.717) is 11.4 Å². The summed E-state index contributed by atoms with van der Waals surface area (Å²) in [4.78, 5) is 13.7. The van der Waals surface area contributed by atoms with Crippen LogP contribution in [-0.4, -0.2) is 26.0 Å². The first-order chi connectivity index (χ1) is 11.7. The van der Waals surface area contributed by atoms with Gasteiger partial charge in [0.15, 0.2) is 5.78 Å². The van der Waals surface area contributed by atoms with Crippen LogP contribution in [0.2, 0.25) is 0 Å². The standard InChI is InChI=1S/C18H17BrN4O/c1-2-5-13-8-10-14(11-9-13)17(24)12-23-21-18(20-22-23)15-6-3-4-7-16(15)19/h3-4,6-11H,2,5,12H2,1H3. The number of carbonyl (C=O) groups excluding carboxylic acids is 1. The largest absolute Gasteiger partial charge is 0.292 e. The summed E-state index contributed by atoms with van der Waals surface area (Å²) in [6.07, 6.45) is 2.11. The van der Waals surface area contributed by atoms with Crippen molar-refractivity contribution in [3.8, 4) is 11.4 Å². The summed E-state index contributed by atoms with van der Waals surface area (Å²) >= 11 is 3.47. The summed E-state index contributed by atoms with van der Waals surface area (Å²) in [5.74, 6) is 0.461. The second-order valence-electron chi connectivity index (χ2n) is 5.49. The highest BCUT2D eigenvalue weighted by Crippen LogP contribution is 2.24. The maximum absolute atomic E-state index is 12.4. The zero-order valence-electron chi connectivity index (χ0n) is 13.3. The van der Waals surface area contributed by atoms with Crippen molar-refractivity contribution in [1.82, 2.24) is 20.2 Å². The number of hydrogen-bond acceptors (Lipinski definition) is 4. The van der Waals surface area contributed by atoms with E-state index in [1.807, 2.05) is 48.5 Å². The van der Waals surface area contributed by atoms with E-state index in [9.17, 15) is 4.79 Å². The molecule has 122 valence electrons. The van der Waals surface area contributed by atoms with Gasteiger partial charge in [-0.3, -0.25) is 4.79 Å². The average molecular weight is 385 g/mol. The summed E-state index contributed by atoms with van der Waals surface area (Å²) in [5.41, 5.74) is 2.75. The molecular formula is C18H17BrN4O. The number of rotatable bonds is 6. The van der Waals surface area contributed by atoms with Gasteiger partial charge in [-0.1, -0.05) is 65.7 Å². The molecule has 0 radical (unpaired) electrons. The van der Waals surface area contributed by atoms with E-state index in [4.69, 9.17) is 0 Å². The molecule has 2 aromatic carbocycles. The molecule has 6 heteroatoms. The molecule has 1 heterocycles. The van der Waals surface area contributed by atoms with Crippen LogP contribution in [0.25, 0.3) is 11.4 Å². The van der Waals surface area contributed by atoms with Crippen LogP contribution in [0.1, 0.15) is 29.3 Å².